The summed E-state index contributed by atoms with van der Waals surface area (Å²) < 4.78 is 10.5. The summed E-state index contributed by atoms with van der Waals surface area (Å²) in [7, 11) is 0. The van der Waals surface area contributed by atoms with Gasteiger partial charge in [-0.2, -0.15) is 4.98 Å². The van der Waals surface area contributed by atoms with E-state index in [9.17, 15) is 4.79 Å². The van der Waals surface area contributed by atoms with Crippen molar-refractivity contribution in [2.45, 2.75) is 25.2 Å². The second-order valence-corrected chi connectivity index (χ2v) is 5.11. The molecule has 0 saturated heterocycles. The first-order chi connectivity index (χ1) is 9.79. The summed E-state index contributed by atoms with van der Waals surface area (Å²) in [5.41, 5.74) is 1.64. The van der Waals surface area contributed by atoms with E-state index in [2.05, 4.69) is 15.5 Å². The van der Waals surface area contributed by atoms with E-state index in [1.165, 1.54) is 0 Å². The fourth-order valence-corrected chi connectivity index (χ4v) is 2.28. The zero-order chi connectivity index (χ0) is 13.5. The third-order valence-corrected chi connectivity index (χ3v) is 3.55. The van der Waals surface area contributed by atoms with Crippen LogP contribution in [0.2, 0.25) is 0 Å². The summed E-state index contributed by atoms with van der Waals surface area (Å²) in [5, 5.41) is 6.43. The number of hydrogen-bond acceptors (Lipinski definition) is 5. The fourth-order valence-electron chi connectivity index (χ4n) is 2.28. The van der Waals surface area contributed by atoms with Gasteiger partial charge >= 0.3 is 0 Å². The molecule has 0 radical (unpaired) electrons. The maximum atomic E-state index is 12.1. The van der Waals surface area contributed by atoms with Crippen LogP contribution in [0.1, 0.15) is 40.6 Å². The van der Waals surface area contributed by atoms with Crippen molar-refractivity contribution in [3.8, 4) is 5.75 Å². The Labute approximate surface area is 115 Å². The molecule has 0 atom stereocenters. The van der Waals surface area contributed by atoms with E-state index >= 15 is 0 Å². The van der Waals surface area contributed by atoms with E-state index in [4.69, 9.17) is 9.26 Å². The van der Waals surface area contributed by atoms with Crippen LogP contribution in [0.25, 0.3) is 0 Å². The van der Waals surface area contributed by atoms with Crippen LogP contribution >= 0.6 is 0 Å². The largest absolute Gasteiger partial charge is 0.493 e. The topological polar surface area (TPSA) is 77.3 Å². The van der Waals surface area contributed by atoms with Crippen molar-refractivity contribution >= 4 is 11.9 Å². The Morgan fingerprint density at radius 3 is 3.10 bits per heavy atom. The second-order valence-electron chi connectivity index (χ2n) is 5.11. The predicted molar refractivity (Wildman–Crippen MR) is 69.9 cm³/mol. The highest BCUT2D eigenvalue weighted by atomic mass is 16.5. The molecule has 0 bridgehead atoms. The van der Waals surface area contributed by atoms with Gasteiger partial charge in [-0.1, -0.05) is 0 Å². The van der Waals surface area contributed by atoms with Gasteiger partial charge in [0.25, 0.3) is 11.9 Å². The van der Waals surface area contributed by atoms with Crippen molar-refractivity contribution in [3.05, 3.63) is 35.2 Å². The highest BCUT2D eigenvalue weighted by Gasteiger charge is 2.30. The Morgan fingerprint density at radius 1 is 1.35 bits per heavy atom. The second kappa shape index (κ2) is 4.33. The summed E-state index contributed by atoms with van der Waals surface area (Å²) in [6.45, 7) is 0.677. The molecule has 20 heavy (non-hydrogen) atoms. The first kappa shape index (κ1) is 11.5. The zero-order valence-electron chi connectivity index (χ0n) is 10.8. The molecule has 1 saturated carbocycles. The average Bonchev–Trinajstić information content (AvgIpc) is 3.02. The number of nitrogens with one attached hydrogen (secondary N) is 1. The summed E-state index contributed by atoms with van der Waals surface area (Å²) in [4.78, 5) is 16.3. The molecule has 102 valence electrons. The summed E-state index contributed by atoms with van der Waals surface area (Å²) in [5.74, 6) is 1.85. The van der Waals surface area contributed by atoms with Crippen molar-refractivity contribution in [1.29, 1.82) is 0 Å². The van der Waals surface area contributed by atoms with E-state index < -0.39 is 0 Å². The number of nitrogens with zero attached hydrogens (tertiary/aromatic N) is 2. The Bertz CT molecular complexity index is 676. The quantitative estimate of drug-likeness (QED) is 0.925. The van der Waals surface area contributed by atoms with E-state index in [1.807, 2.05) is 12.1 Å². The van der Waals surface area contributed by atoms with Gasteiger partial charge in [0.1, 0.15) is 5.75 Å². The first-order valence-corrected chi connectivity index (χ1v) is 6.70. The highest BCUT2D eigenvalue weighted by molar-refractivity contribution is 6.03. The minimum absolute atomic E-state index is 0.230. The summed E-state index contributed by atoms with van der Waals surface area (Å²) in [6.07, 6.45) is 3.01. The van der Waals surface area contributed by atoms with Crippen molar-refractivity contribution < 1.29 is 14.1 Å². The van der Waals surface area contributed by atoms with Gasteiger partial charge in [0.05, 0.1) is 6.61 Å². The molecule has 1 aliphatic carbocycles. The number of carbonyl (C=O) groups is 1. The van der Waals surface area contributed by atoms with Crippen LogP contribution in [-0.2, 0) is 6.42 Å². The van der Waals surface area contributed by atoms with Crippen LogP contribution in [0.3, 0.4) is 0 Å². The lowest BCUT2D eigenvalue weighted by Crippen LogP contribution is -2.13. The van der Waals surface area contributed by atoms with Gasteiger partial charge in [-0.05, 0) is 41.8 Å². The molecule has 1 aliphatic heterocycles. The minimum atomic E-state index is -0.233. The van der Waals surface area contributed by atoms with Crippen LogP contribution in [0.4, 0.5) is 5.95 Å². The van der Waals surface area contributed by atoms with Crippen molar-refractivity contribution in [1.82, 2.24) is 10.1 Å². The lowest BCUT2D eigenvalue weighted by atomic mass is 10.1. The van der Waals surface area contributed by atoms with E-state index in [0.717, 1.165) is 30.6 Å². The molecule has 2 aromatic rings. The van der Waals surface area contributed by atoms with Crippen molar-refractivity contribution in [3.63, 3.8) is 0 Å². The molecule has 1 fully saturated rings. The number of rotatable bonds is 3. The molecule has 0 spiro atoms. The molecule has 6 heteroatoms. The SMILES string of the molecule is O=C(Nc1noc(C2CC2)n1)c1ccc2c(c1)CCO2. The number of anilines is 1. The molecular formula is C14H13N3O3. The molecule has 4 rings (SSSR count). The van der Waals surface area contributed by atoms with E-state index in [1.54, 1.807) is 6.07 Å². The first-order valence-electron chi connectivity index (χ1n) is 6.70. The number of carbonyl (C=O) groups excluding carboxylic acids is 1. The monoisotopic (exact) mass is 271 g/mol. The number of hydrogen-bond donors (Lipinski definition) is 1. The molecule has 1 aromatic carbocycles. The Morgan fingerprint density at radius 2 is 2.25 bits per heavy atom. The van der Waals surface area contributed by atoms with Crippen LogP contribution in [0, 0.1) is 0 Å². The van der Waals surface area contributed by atoms with Gasteiger partial charge in [0.2, 0.25) is 5.89 Å². The van der Waals surface area contributed by atoms with Gasteiger partial charge in [0.15, 0.2) is 0 Å². The summed E-state index contributed by atoms with van der Waals surface area (Å²) in [6, 6.07) is 5.41. The van der Waals surface area contributed by atoms with Crippen LogP contribution in [-0.4, -0.2) is 22.7 Å². The Kier molecular flexibility index (Phi) is 2.48. The van der Waals surface area contributed by atoms with Crippen LogP contribution in [0.5, 0.6) is 5.75 Å². The van der Waals surface area contributed by atoms with Gasteiger partial charge < -0.3 is 9.26 Å². The van der Waals surface area contributed by atoms with Crippen molar-refractivity contribution in [2.24, 2.45) is 0 Å². The molecular weight excluding hydrogens is 258 g/mol. The molecule has 1 N–H and O–H groups in total. The zero-order valence-corrected chi connectivity index (χ0v) is 10.8. The van der Waals surface area contributed by atoms with Gasteiger partial charge in [0, 0.05) is 17.9 Å². The maximum Gasteiger partial charge on any atom is 0.270 e. The number of amides is 1. The van der Waals surface area contributed by atoms with Gasteiger partial charge in [-0.15, -0.1) is 0 Å². The van der Waals surface area contributed by atoms with Crippen LogP contribution in [0.15, 0.2) is 22.7 Å². The molecule has 0 unspecified atom stereocenters. The number of aromatic nitrogens is 2. The third kappa shape index (κ3) is 2.03. The Hall–Kier alpha value is -2.37. The third-order valence-electron chi connectivity index (χ3n) is 3.55. The molecule has 1 aromatic heterocycles. The predicted octanol–water partition coefficient (Wildman–Crippen LogP) is 2.13. The lowest BCUT2D eigenvalue weighted by molar-refractivity contribution is 0.102. The molecule has 2 heterocycles. The minimum Gasteiger partial charge on any atom is -0.493 e. The Balaban J connectivity index is 1.51. The standard InChI is InChI=1S/C14H13N3O3/c18-12(10-3-4-11-9(7-10)5-6-19-11)15-14-16-13(20-17-14)8-1-2-8/h3-4,7-8H,1-2,5-6H2,(H,15,17,18). The molecule has 6 nitrogen and oxygen atoms in total. The number of ether oxygens (including phenoxy) is 1. The summed E-state index contributed by atoms with van der Waals surface area (Å²) >= 11 is 0. The fraction of sp³-hybridized carbons (Fsp3) is 0.357. The number of benzene rings is 1. The average molecular weight is 271 g/mol. The molecule has 1 amide bonds. The molecule has 2 aliphatic rings. The maximum absolute atomic E-state index is 12.1. The van der Waals surface area contributed by atoms with Gasteiger partial charge in [-0.25, -0.2) is 0 Å². The highest BCUT2D eigenvalue weighted by Crippen LogP contribution is 2.39. The lowest BCUT2D eigenvalue weighted by Gasteiger charge is -2.03. The van der Waals surface area contributed by atoms with Crippen LogP contribution < -0.4 is 10.1 Å². The van der Waals surface area contributed by atoms with E-state index in [0.29, 0.717) is 24.0 Å². The number of fused-ring (bicyclic) bond motifs is 1. The smallest absolute Gasteiger partial charge is 0.270 e. The van der Waals surface area contributed by atoms with Gasteiger partial charge in [-0.3, -0.25) is 10.1 Å². The van der Waals surface area contributed by atoms with E-state index in [-0.39, 0.29) is 11.9 Å². The van der Waals surface area contributed by atoms with Crippen molar-refractivity contribution in [2.75, 3.05) is 11.9 Å². The normalized spacial score (nSPS) is 16.6.